The maximum atomic E-state index is 3.49. The topological polar surface area (TPSA) is 15.3 Å². The van der Waals surface area contributed by atoms with E-state index in [4.69, 9.17) is 0 Å². The Bertz CT molecular complexity index is 406. The maximum absolute atomic E-state index is 3.49. The molecule has 1 aliphatic heterocycles. The van der Waals surface area contributed by atoms with Gasteiger partial charge in [0.15, 0.2) is 0 Å². The monoisotopic (exact) mass is 274 g/mol. The highest BCUT2D eigenvalue weighted by atomic mass is 15.1. The Labute approximate surface area is 124 Å². The predicted molar refractivity (Wildman–Crippen MR) is 87.0 cm³/mol. The Morgan fingerprint density at radius 2 is 1.95 bits per heavy atom. The van der Waals surface area contributed by atoms with Crippen molar-refractivity contribution in [2.24, 2.45) is 11.8 Å². The number of aryl methyl sites for hydroxylation is 1. The van der Waals surface area contributed by atoms with Crippen LogP contribution in [0.5, 0.6) is 0 Å². The largest absolute Gasteiger partial charge is 0.312 e. The van der Waals surface area contributed by atoms with Gasteiger partial charge in [-0.2, -0.15) is 0 Å². The van der Waals surface area contributed by atoms with E-state index in [0.29, 0.717) is 6.04 Å². The van der Waals surface area contributed by atoms with E-state index >= 15 is 0 Å². The molecular weight excluding hydrogens is 244 g/mol. The summed E-state index contributed by atoms with van der Waals surface area (Å²) < 4.78 is 0. The first-order chi connectivity index (χ1) is 9.60. The molecule has 0 amide bonds. The second-order valence-electron chi connectivity index (χ2n) is 6.64. The Kier molecular flexibility index (Phi) is 5.62. The first-order valence-electron chi connectivity index (χ1n) is 8.06. The molecule has 0 saturated carbocycles. The summed E-state index contributed by atoms with van der Waals surface area (Å²) in [5.74, 6) is 1.77. The van der Waals surface area contributed by atoms with Gasteiger partial charge in [0.1, 0.15) is 0 Å². The molecular formula is C18H30N2. The molecule has 1 atom stereocenters. The lowest BCUT2D eigenvalue weighted by atomic mass is 9.86. The minimum absolute atomic E-state index is 0.450. The highest BCUT2D eigenvalue weighted by molar-refractivity contribution is 5.25. The zero-order chi connectivity index (χ0) is 14.5. The lowest BCUT2D eigenvalue weighted by Gasteiger charge is -2.35. The van der Waals surface area contributed by atoms with E-state index in [2.05, 4.69) is 62.3 Å². The van der Waals surface area contributed by atoms with E-state index in [9.17, 15) is 0 Å². The summed E-state index contributed by atoms with van der Waals surface area (Å²) in [7, 11) is 2.08. The van der Waals surface area contributed by atoms with Crippen LogP contribution >= 0.6 is 0 Å². The van der Waals surface area contributed by atoms with Crippen LogP contribution in [0.1, 0.15) is 43.9 Å². The van der Waals surface area contributed by atoms with Crippen molar-refractivity contribution in [1.82, 2.24) is 10.2 Å². The summed E-state index contributed by atoms with van der Waals surface area (Å²) in [4.78, 5) is 2.63. The number of nitrogens with one attached hydrogen (secondary N) is 1. The summed E-state index contributed by atoms with van der Waals surface area (Å²) in [5, 5.41) is 3.49. The molecule has 2 heteroatoms. The summed E-state index contributed by atoms with van der Waals surface area (Å²) in [6.45, 7) is 10.5. The van der Waals surface area contributed by atoms with Gasteiger partial charge in [0, 0.05) is 12.6 Å². The highest BCUT2D eigenvalue weighted by Crippen LogP contribution is 2.26. The molecule has 0 spiro atoms. The summed E-state index contributed by atoms with van der Waals surface area (Å²) >= 11 is 0. The molecule has 1 aliphatic rings. The van der Waals surface area contributed by atoms with Gasteiger partial charge in [-0.05, 0) is 57.3 Å². The molecule has 1 aromatic carbocycles. The Morgan fingerprint density at radius 1 is 1.25 bits per heavy atom. The van der Waals surface area contributed by atoms with Crippen molar-refractivity contribution in [2.45, 2.75) is 39.7 Å². The lowest BCUT2D eigenvalue weighted by Crippen LogP contribution is -2.40. The van der Waals surface area contributed by atoms with Gasteiger partial charge in [-0.3, -0.25) is 0 Å². The van der Waals surface area contributed by atoms with Crippen LogP contribution in [0, 0.1) is 18.8 Å². The van der Waals surface area contributed by atoms with Crippen LogP contribution in [0.25, 0.3) is 0 Å². The van der Waals surface area contributed by atoms with Crippen LogP contribution < -0.4 is 5.32 Å². The second kappa shape index (κ2) is 7.24. The van der Waals surface area contributed by atoms with E-state index in [1.165, 1.54) is 37.1 Å². The number of nitrogens with zero attached hydrogens (tertiary/aromatic N) is 1. The minimum atomic E-state index is 0.450. The molecule has 1 aromatic rings. The molecule has 20 heavy (non-hydrogen) atoms. The van der Waals surface area contributed by atoms with Gasteiger partial charge in [-0.1, -0.05) is 43.7 Å². The van der Waals surface area contributed by atoms with Crippen molar-refractivity contribution in [3.63, 3.8) is 0 Å². The third-order valence-electron chi connectivity index (χ3n) is 4.81. The fourth-order valence-corrected chi connectivity index (χ4v) is 3.31. The van der Waals surface area contributed by atoms with Crippen LogP contribution in [0.15, 0.2) is 24.3 Å². The molecule has 1 unspecified atom stereocenters. The molecule has 2 nitrogen and oxygen atoms in total. The third kappa shape index (κ3) is 4.07. The normalized spacial score (nSPS) is 19.4. The summed E-state index contributed by atoms with van der Waals surface area (Å²) in [6, 6.07) is 9.34. The number of likely N-dealkylation sites (tertiary alicyclic amines) is 1. The number of piperidine rings is 1. The van der Waals surface area contributed by atoms with E-state index in [1.54, 1.807) is 0 Å². The summed E-state index contributed by atoms with van der Waals surface area (Å²) in [6.07, 6.45) is 2.73. The molecule has 1 N–H and O–H groups in total. The lowest BCUT2D eigenvalue weighted by molar-refractivity contribution is 0.147. The second-order valence-corrected chi connectivity index (χ2v) is 6.64. The van der Waals surface area contributed by atoms with E-state index in [-0.39, 0.29) is 0 Å². The maximum Gasteiger partial charge on any atom is 0.0446 e. The molecule has 2 rings (SSSR count). The average molecular weight is 274 g/mol. The Morgan fingerprint density at radius 3 is 2.50 bits per heavy atom. The van der Waals surface area contributed by atoms with Crippen molar-refractivity contribution in [1.29, 1.82) is 0 Å². The van der Waals surface area contributed by atoms with Gasteiger partial charge in [-0.25, -0.2) is 0 Å². The fraction of sp³-hybridized carbons (Fsp3) is 0.667. The SMILES string of the molecule is CNC(CN1CCC(C(C)C)CC1)c1cccc(C)c1. The molecule has 112 valence electrons. The number of benzene rings is 1. The summed E-state index contributed by atoms with van der Waals surface area (Å²) in [5.41, 5.74) is 2.76. The van der Waals surface area contributed by atoms with Crippen LogP contribution in [-0.4, -0.2) is 31.6 Å². The van der Waals surface area contributed by atoms with Gasteiger partial charge in [0.2, 0.25) is 0 Å². The standard InChI is InChI=1S/C18H30N2/c1-14(2)16-8-10-20(11-9-16)13-18(19-4)17-7-5-6-15(3)12-17/h5-7,12,14,16,18-19H,8-11,13H2,1-4H3. The van der Waals surface area contributed by atoms with E-state index in [0.717, 1.165) is 18.4 Å². The smallest absolute Gasteiger partial charge is 0.0446 e. The zero-order valence-electron chi connectivity index (χ0n) is 13.5. The average Bonchev–Trinajstić information content (AvgIpc) is 2.45. The van der Waals surface area contributed by atoms with Crippen molar-refractivity contribution in [3.8, 4) is 0 Å². The van der Waals surface area contributed by atoms with Crippen LogP contribution in [0.3, 0.4) is 0 Å². The van der Waals surface area contributed by atoms with Gasteiger partial charge in [0.05, 0.1) is 0 Å². The van der Waals surface area contributed by atoms with Crippen LogP contribution in [0.2, 0.25) is 0 Å². The minimum Gasteiger partial charge on any atom is -0.312 e. The molecule has 0 aromatic heterocycles. The Hall–Kier alpha value is -0.860. The number of likely N-dealkylation sites (N-methyl/N-ethyl adjacent to an activating group) is 1. The first-order valence-corrected chi connectivity index (χ1v) is 8.06. The fourth-order valence-electron chi connectivity index (χ4n) is 3.31. The molecule has 1 heterocycles. The molecule has 0 radical (unpaired) electrons. The van der Waals surface area contributed by atoms with Crippen LogP contribution in [0.4, 0.5) is 0 Å². The Balaban J connectivity index is 1.91. The van der Waals surface area contributed by atoms with E-state index in [1.807, 2.05) is 0 Å². The number of rotatable bonds is 5. The van der Waals surface area contributed by atoms with Gasteiger partial charge in [-0.15, -0.1) is 0 Å². The van der Waals surface area contributed by atoms with Gasteiger partial charge in [0.25, 0.3) is 0 Å². The number of hydrogen-bond donors (Lipinski definition) is 1. The molecule has 1 fully saturated rings. The van der Waals surface area contributed by atoms with Gasteiger partial charge < -0.3 is 10.2 Å². The highest BCUT2D eigenvalue weighted by Gasteiger charge is 2.23. The van der Waals surface area contributed by atoms with Crippen molar-refractivity contribution in [2.75, 3.05) is 26.7 Å². The van der Waals surface area contributed by atoms with Crippen LogP contribution in [-0.2, 0) is 0 Å². The van der Waals surface area contributed by atoms with Crippen molar-refractivity contribution >= 4 is 0 Å². The third-order valence-corrected chi connectivity index (χ3v) is 4.81. The zero-order valence-corrected chi connectivity index (χ0v) is 13.5. The number of hydrogen-bond acceptors (Lipinski definition) is 2. The quantitative estimate of drug-likeness (QED) is 0.882. The predicted octanol–water partition coefficient (Wildman–Crippen LogP) is 3.62. The molecule has 1 saturated heterocycles. The van der Waals surface area contributed by atoms with Crippen molar-refractivity contribution < 1.29 is 0 Å². The first kappa shape index (κ1) is 15.5. The molecule has 0 aliphatic carbocycles. The van der Waals surface area contributed by atoms with Gasteiger partial charge >= 0.3 is 0 Å². The van der Waals surface area contributed by atoms with E-state index < -0.39 is 0 Å². The molecule has 0 bridgehead atoms. The van der Waals surface area contributed by atoms with Crippen molar-refractivity contribution in [3.05, 3.63) is 35.4 Å².